The zero-order valence-electron chi connectivity index (χ0n) is 13.2. The Kier molecular flexibility index (Phi) is 4.52. The molecule has 1 amide bonds. The van der Waals surface area contributed by atoms with Crippen molar-refractivity contribution >= 4 is 11.7 Å². The second kappa shape index (κ2) is 6.91. The number of hydrogen-bond acceptors (Lipinski definition) is 4. The van der Waals surface area contributed by atoms with E-state index < -0.39 is 0 Å². The maximum atomic E-state index is 12.1. The van der Waals surface area contributed by atoms with Gasteiger partial charge in [0.1, 0.15) is 5.76 Å². The Morgan fingerprint density at radius 2 is 1.88 bits per heavy atom. The van der Waals surface area contributed by atoms with Crippen LogP contribution in [0.4, 0.5) is 0 Å². The Labute approximate surface area is 139 Å². The molecule has 0 saturated heterocycles. The predicted octanol–water partition coefficient (Wildman–Crippen LogP) is 3.47. The Morgan fingerprint density at radius 3 is 2.54 bits per heavy atom. The molecule has 2 heterocycles. The van der Waals surface area contributed by atoms with Crippen LogP contribution in [-0.4, -0.2) is 16.7 Å². The van der Waals surface area contributed by atoms with Crippen LogP contribution in [0.15, 0.2) is 65.3 Å². The van der Waals surface area contributed by atoms with E-state index in [1.165, 1.54) is 6.92 Å². The van der Waals surface area contributed by atoms with Crippen molar-refractivity contribution < 1.29 is 14.0 Å². The van der Waals surface area contributed by atoms with Crippen LogP contribution in [-0.2, 0) is 6.54 Å². The molecule has 3 aromatic rings. The summed E-state index contributed by atoms with van der Waals surface area (Å²) in [6.07, 6.45) is 3.38. The van der Waals surface area contributed by atoms with Crippen molar-refractivity contribution in [3.8, 4) is 11.3 Å². The van der Waals surface area contributed by atoms with Crippen LogP contribution in [0.25, 0.3) is 11.3 Å². The maximum Gasteiger partial charge on any atom is 0.287 e. The van der Waals surface area contributed by atoms with Crippen molar-refractivity contribution in [3.63, 3.8) is 0 Å². The Bertz CT molecular complexity index is 852. The molecular weight excluding hydrogens is 304 g/mol. The number of benzene rings is 1. The van der Waals surface area contributed by atoms with Crippen LogP contribution in [0, 0.1) is 0 Å². The molecule has 0 radical (unpaired) electrons. The van der Waals surface area contributed by atoms with Gasteiger partial charge in [-0.05, 0) is 30.7 Å². The summed E-state index contributed by atoms with van der Waals surface area (Å²) in [4.78, 5) is 27.4. The molecule has 3 rings (SSSR count). The van der Waals surface area contributed by atoms with Crippen molar-refractivity contribution in [1.82, 2.24) is 10.3 Å². The van der Waals surface area contributed by atoms with Crippen molar-refractivity contribution in [3.05, 3.63) is 77.8 Å². The summed E-state index contributed by atoms with van der Waals surface area (Å²) in [5.74, 6) is 0.545. The van der Waals surface area contributed by atoms with Gasteiger partial charge in [0.05, 0.1) is 0 Å². The van der Waals surface area contributed by atoms with Crippen molar-refractivity contribution in [2.24, 2.45) is 0 Å². The second-order valence-corrected chi connectivity index (χ2v) is 5.34. The summed E-state index contributed by atoms with van der Waals surface area (Å²) in [5, 5.41) is 2.79. The summed E-state index contributed by atoms with van der Waals surface area (Å²) in [7, 11) is 0. The third-order valence-electron chi connectivity index (χ3n) is 3.58. The summed E-state index contributed by atoms with van der Waals surface area (Å²) in [6.45, 7) is 1.91. The highest BCUT2D eigenvalue weighted by atomic mass is 16.3. The van der Waals surface area contributed by atoms with E-state index in [2.05, 4.69) is 10.3 Å². The molecule has 0 fully saturated rings. The number of nitrogens with one attached hydrogen (secondary N) is 1. The fourth-order valence-electron chi connectivity index (χ4n) is 2.26. The number of carbonyl (C=O) groups excluding carboxylic acids is 2. The maximum absolute atomic E-state index is 12.1. The molecule has 1 aromatic carbocycles. The largest absolute Gasteiger partial charge is 0.451 e. The molecule has 0 atom stereocenters. The van der Waals surface area contributed by atoms with Gasteiger partial charge in [0, 0.05) is 30.1 Å². The van der Waals surface area contributed by atoms with Crippen LogP contribution in [0.5, 0.6) is 0 Å². The van der Waals surface area contributed by atoms with Gasteiger partial charge in [-0.15, -0.1) is 0 Å². The summed E-state index contributed by atoms with van der Waals surface area (Å²) >= 11 is 0. The standard InChI is InChI=1S/C19H16N2O3/c1-13(22)15-4-6-16(7-5-15)17-8-9-18(24-17)19(23)21-12-14-3-2-10-20-11-14/h2-11H,12H2,1H3,(H,21,23). The second-order valence-electron chi connectivity index (χ2n) is 5.34. The lowest BCUT2D eigenvalue weighted by Gasteiger charge is -2.03. The molecule has 0 unspecified atom stereocenters. The number of aromatic nitrogens is 1. The first-order valence-electron chi connectivity index (χ1n) is 7.52. The highest BCUT2D eigenvalue weighted by Crippen LogP contribution is 2.22. The van der Waals surface area contributed by atoms with Crippen molar-refractivity contribution in [2.45, 2.75) is 13.5 Å². The SMILES string of the molecule is CC(=O)c1ccc(-c2ccc(C(=O)NCc3cccnc3)o2)cc1. The van der Waals surface area contributed by atoms with E-state index in [9.17, 15) is 9.59 Å². The van der Waals surface area contributed by atoms with E-state index in [4.69, 9.17) is 4.42 Å². The number of ketones is 1. The number of furan rings is 1. The lowest BCUT2D eigenvalue weighted by Crippen LogP contribution is -2.22. The van der Waals surface area contributed by atoms with Gasteiger partial charge >= 0.3 is 0 Å². The average molecular weight is 320 g/mol. The van der Waals surface area contributed by atoms with Gasteiger partial charge in [-0.1, -0.05) is 30.3 Å². The van der Waals surface area contributed by atoms with Gasteiger partial charge in [-0.25, -0.2) is 0 Å². The van der Waals surface area contributed by atoms with Gasteiger partial charge < -0.3 is 9.73 Å². The number of amides is 1. The third kappa shape index (κ3) is 3.57. The van der Waals surface area contributed by atoms with Crippen LogP contribution < -0.4 is 5.32 Å². The van der Waals surface area contributed by atoms with Crippen LogP contribution >= 0.6 is 0 Å². The van der Waals surface area contributed by atoms with Gasteiger partial charge in [-0.2, -0.15) is 0 Å². The van der Waals surface area contributed by atoms with E-state index >= 15 is 0 Å². The number of Topliss-reactive ketones (excluding diaryl/α,β-unsaturated/α-hetero) is 1. The molecule has 24 heavy (non-hydrogen) atoms. The molecule has 5 heteroatoms. The molecule has 0 saturated carbocycles. The Hall–Kier alpha value is -3.21. The highest BCUT2D eigenvalue weighted by molar-refractivity contribution is 5.94. The van der Waals surface area contributed by atoms with Gasteiger partial charge in [0.15, 0.2) is 11.5 Å². The van der Waals surface area contributed by atoms with Crippen molar-refractivity contribution in [2.75, 3.05) is 0 Å². The van der Waals surface area contributed by atoms with Gasteiger partial charge in [0.2, 0.25) is 0 Å². The van der Waals surface area contributed by atoms with E-state index in [1.54, 1.807) is 48.8 Å². The highest BCUT2D eigenvalue weighted by Gasteiger charge is 2.12. The van der Waals surface area contributed by atoms with E-state index in [0.29, 0.717) is 17.9 Å². The smallest absolute Gasteiger partial charge is 0.287 e. The minimum Gasteiger partial charge on any atom is -0.451 e. The zero-order valence-corrected chi connectivity index (χ0v) is 13.2. The number of nitrogens with zero attached hydrogens (tertiary/aromatic N) is 1. The quantitative estimate of drug-likeness (QED) is 0.731. The molecule has 0 bridgehead atoms. The molecule has 0 spiro atoms. The molecule has 5 nitrogen and oxygen atoms in total. The first-order chi connectivity index (χ1) is 11.6. The summed E-state index contributed by atoms with van der Waals surface area (Å²) < 4.78 is 5.61. The van der Waals surface area contributed by atoms with Crippen LogP contribution in [0.1, 0.15) is 33.4 Å². The summed E-state index contributed by atoms with van der Waals surface area (Å²) in [5.41, 5.74) is 2.36. The normalized spacial score (nSPS) is 10.4. The molecular formula is C19H16N2O3. The lowest BCUT2D eigenvalue weighted by molar-refractivity contribution is 0.0923. The fraction of sp³-hybridized carbons (Fsp3) is 0.105. The molecule has 2 aromatic heterocycles. The minimum absolute atomic E-state index is 0.0106. The third-order valence-corrected chi connectivity index (χ3v) is 3.58. The molecule has 0 aliphatic heterocycles. The predicted molar refractivity (Wildman–Crippen MR) is 89.6 cm³/mol. The average Bonchev–Trinajstić information content (AvgIpc) is 3.11. The van der Waals surface area contributed by atoms with Gasteiger partial charge in [-0.3, -0.25) is 14.6 Å². The van der Waals surface area contributed by atoms with Gasteiger partial charge in [0.25, 0.3) is 5.91 Å². The van der Waals surface area contributed by atoms with Crippen LogP contribution in [0.2, 0.25) is 0 Å². The number of carbonyl (C=O) groups is 2. The van der Waals surface area contributed by atoms with E-state index in [-0.39, 0.29) is 17.5 Å². The monoisotopic (exact) mass is 320 g/mol. The van der Waals surface area contributed by atoms with E-state index in [1.807, 2.05) is 12.1 Å². The first kappa shape index (κ1) is 15.7. The van der Waals surface area contributed by atoms with Crippen LogP contribution in [0.3, 0.4) is 0 Å². The number of hydrogen-bond donors (Lipinski definition) is 1. The lowest BCUT2D eigenvalue weighted by atomic mass is 10.1. The molecule has 0 aliphatic carbocycles. The number of pyridine rings is 1. The Balaban J connectivity index is 1.68. The van der Waals surface area contributed by atoms with Crippen molar-refractivity contribution in [1.29, 1.82) is 0 Å². The molecule has 1 N–H and O–H groups in total. The Morgan fingerprint density at radius 1 is 1.08 bits per heavy atom. The minimum atomic E-state index is -0.287. The summed E-state index contributed by atoms with van der Waals surface area (Å²) in [6, 6.07) is 14.1. The topological polar surface area (TPSA) is 72.2 Å². The first-order valence-corrected chi connectivity index (χ1v) is 7.52. The molecule has 0 aliphatic rings. The molecule has 120 valence electrons. The van der Waals surface area contributed by atoms with E-state index in [0.717, 1.165) is 11.1 Å². The fourth-order valence-corrected chi connectivity index (χ4v) is 2.26. The zero-order chi connectivity index (χ0) is 16.9. The number of rotatable bonds is 5.